The van der Waals surface area contributed by atoms with Gasteiger partial charge in [-0.05, 0) is 40.0 Å². The van der Waals surface area contributed by atoms with Crippen LogP contribution in [-0.4, -0.2) is 50.1 Å². The third-order valence-electron chi connectivity index (χ3n) is 5.81. The molecule has 9 nitrogen and oxygen atoms in total. The van der Waals surface area contributed by atoms with Crippen molar-refractivity contribution in [1.29, 1.82) is 5.41 Å². The number of carbonyl (C=O) groups excluding carboxylic acids is 2. The van der Waals surface area contributed by atoms with Crippen LogP contribution < -0.4 is 16.5 Å². The van der Waals surface area contributed by atoms with Crippen molar-refractivity contribution in [1.82, 2.24) is 10.2 Å². The number of carboxylic acid groups (broad SMARTS) is 1. The number of amides is 2. The minimum Gasteiger partial charge on any atom is -0.477 e. The van der Waals surface area contributed by atoms with Crippen LogP contribution in [0.4, 0.5) is 0 Å². The van der Waals surface area contributed by atoms with Gasteiger partial charge in [-0.3, -0.25) is 24.7 Å². The summed E-state index contributed by atoms with van der Waals surface area (Å²) in [5.41, 5.74) is 6.32. The lowest BCUT2D eigenvalue weighted by molar-refractivity contribution is -0.150. The molecule has 2 unspecified atom stereocenters. The topological polar surface area (TPSA) is 154 Å². The summed E-state index contributed by atoms with van der Waals surface area (Å²) in [6.07, 6.45) is 1.83. The van der Waals surface area contributed by atoms with E-state index in [1.807, 2.05) is 29.0 Å². The summed E-state index contributed by atoms with van der Waals surface area (Å²) in [7, 11) is 0. The van der Waals surface area contributed by atoms with E-state index >= 15 is 0 Å². The van der Waals surface area contributed by atoms with E-state index in [0.29, 0.717) is 21.6 Å². The zero-order valence-electron chi connectivity index (χ0n) is 19.9. The third-order valence-corrected chi connectivity index (χ3v) is 12.0. The minimum atomic E-state index is -1.22. The van der Waals surface area contributed by atoms with Gasteiger partial charge in [0.05, 0.1) is 20.0 Å². The number of nitrogens with zero attached hydrogens (tertiary/aromatic N) is 1. The largest absolute Gasteiger partial charge is 0.477 e. The van der Waals surface area contributed by atoms with Gasteiger partial charge >= 0.3 is 5.97 Å². The predicted octanol–water partition coefficient (Wildman–Crippen LogP) is 4.10. The minimum absolute atomic E-state index is 0.0811. The van der Waals surface area contributed by atoms with Crippen LogP contribution in [0.5, 0.6) is 0 Å². The van der Waals surface area contributed by atoms with E-state index in [1.54, 1.807) is 11.5 Å². The van der Waals surface area contributed by atoms with Crippen LogP contribution in [0.3, 0.4) is 0 Å². The number of thiophene rings is 2. The lowest BCUT2D eigenvalue weighted by Crippen LogP contribution is -2.70. The molecule has 5 rings (SSSR count). The summed E-state index contributed by atoms with van der Waals surface area (Å²) < 4.78 is 2.26. The Morgan fingerprint density at radius 1 is 1.26 bits per heavy atom. The molecule has 3 aromatic rings. The smallest absolute Gasteiger partial charge is 0.352 e. The second-order valence-electron chi connectivity index (χ2n) is 8.27. The van der Waals surface area contributed by atoms with E-state index in [0.717, 1.165) is 25.5 Å². The van der Waals surface area contributed by atoms with Gasteiger partial charge in [0.15, 0.2) is 5.17 Å². The number of rotatable bonds is 9. The molecule has 5 N–H and O–H groups in total. The van der Waals surface area contributed by atoms with E-state index < -0.39 is 23.3 Å². The highest BCUT2D eigenvalue weighted by Crippen LogP contribution is 2.41. The normalized spacial score (nSPS) is 18.9. The van der Waals surface area contributed by atoms with Crippen LogP contribution in [0.1, 0.15) is 10.4 Å². The van der Waals surface area contributed by atoms with Crippen molar-refractivity contribution in [2.75, 3.05) is 5.75 Å². The van der Waals surface area contributed by atoms with Crippen molar-refractivity contribution < 1.29 is 19.5 Å². The standard InChI is InChI=1S/C24H20N4O5S6/c25-24(26)38-10-13-18(30)19-14(4-7-35-19)39-23(13)36-6-3-11-9-37-21-16(20(31)28(21)17(11)22(32)33)27-15(29)8-12-2-1-5-34-12/h1-7,16,21H,8-10H2,(H3,25,26)(H,27,29)(H,32,33)/b6-3+. The van der Waals surface area contributed by atoms with E-state index in [4.69, 9.17) is 11.1 Å². The summed E-state index contributed by atoms with van der Waals surface area (Å²) in [6.45, 7) is 0. The predicted molar refractivity (Wildman–Crippen MR) is 162 cm³/mol. The fraction of sp³-hybridized carbons (Fsp3) is 0.208. The lowest BCUT2D eigenvalue weighted by atomic mass is 10.0. The highest BCUT2D eigenvalue weighted by Gasteiger charge is 2.53. The number of fused-ring (bicyclic) bond motifs is 2. The van der Waals surface area contributed by atoms with Crippen LogP contribution in [0.2, 0.25) is 0 Å². The van der Waals surface area contributed by atoms with Crippen LogP contribution in [0.15, 0.2) is 60.7 Å². The summed E-state index contributed by atoms with van der Waals surface area (Å²) in [4.78, 5) is 52.7. The van der Waals surface area contributed by atoms with Crippen LogP contribution in [0.25, 0.3) is 9.40 Å². The van der Waals surface area contributed by atoms with Crippen molar-refractivity contribution in [3.63, 3.8) is 0 Å². The third kappa shape index (κ3) is 5.83. The molecule has 0 aromatic carbocycles. The first-order valence-corrected chi connectivity index (χ1v) is 16.8. The van der Waals surface area contributed by atoms with Gasteiger partial charge in [0.25, 0.3) is 5.91 Å². The number of hydrogen-bond donors (Lipinski definition) is 4. The van der Waals surface area contributed by atoms with Gasteiger partial charge in [0.1, 0.15) is 17.1 Å². The van der Waals surface area contributed by atoms with Crippen LogP contribution in [-0.2, 0) is 26.6 Å². The zero-order chi connectivity index (χ0) is 27.7. The SMILES string of the molecule is N=C(N)SCc1c(S/C=C/C2=C(C(=O)O)N3C(=O)C(NC(=O)Cc4cccs4)C3SC2)sc2ccsc2c1=O. The van der Waals surface area contributed by atoms with E-state index in [2.05, 4.69) is 5.32 Å². The molecule has 39 heavy (non-hydrogen) atoms. The molecule has 0 saturated carbocycles. The molecular weight excluding hydrogens is 617 g/mol. The van der Waals surface area contributed by atoms with Gasteiger partial charge in [-0.15, -0.1) is 45.8 Å². The van der Waals surface area contributed by atoms with Crippen molar-refractivity contribution in [2.24, 2.45) is 5.73 Å². The Labute approximate surface area is 247 Å². The molecule has 2 aliphatic heterocycles. The molecular formula is C24H20N4O5S6. The fourth-order valence-electron chi connectivity index (χ4n) is 4.05. The van der Waals surface area contributed by atoms with Crippen molar-refractivity contribution in [2.45, 2.75) is 27.8 Å². The Morgan fingerprint density at radius 2 is 2.08 bits per heavy atom. The van der Waals surface area contributed by atoms with Gasteiger partial charge < -0.3 is 16.2 Å². The molecule has 2 amide bonds. The fourth-order valence-corrected chi connectivity index (χ4v) is 10.0. The number of carbonyl (C=O) groups is 3. The molecule has 3 aromatic heterocycles. The van der Waals surface area contributed by atoms with Crippen LogP contribution >= 0.6 is 69.3 Å². The number of thioether (sulfide) groups is 3. The Balaban J connectivity index is 1.33. The number of nitrogens with two attached hydrogens (primary N) is 1. The maximum absolute atomic E-state index is 13.0. The molecule has 1 fully saturated rings. The van der Waals surface area contributed by atoms with Gasteiger partial charge in [0.2, 0.25) is 11.3 Å². The summed E-state index contributed by atoms with van der Waals surface area (Å²) in [5, 5.41) is 25.1. The summed E-state index contributed by atoms with van der Waals surface area (Å²) >= 11 is 8.04. The summed E-state index contributed by atoms with van der Waals surface area (Å²) in [6, 6.07) is 4.81. The number of aliphatic carboxylic acids is 1. The first-order chi connectivity index (χ1) is 18.7. The first kappa shape index (κ1) is 28.0. The summed E-state index contributed by atoms with van der Waals surface area (Å²) in [5.74, 6) is -1.34. The first-order valence-electron chi connectivity index (χ1n) is 11.3. The average Bonchev–Trinajstić information content (AvgIpc) is 3.58. The van der Waals surface area contributed by atoms with Crippen molar-refractivity contribution in [3.05, 3.63) is 72.4 Å². The zero-order valence-corrected chi connectivity index (χ0v) is 24.8. The number of allylic oxidation sites excluding steroid dienone is 1. The number of β-lactam (4-membered cyclic amide) rings is 1. The molecule has 5 heterocycles. The molecule has 1 saturated heterocycles. The molecule has 2 atom stereocenters. The number of hydrogen-bond acceptors (Lipinski definition) is 11. The second kappa shape index (κ2) is 11.9. The molecule has 202 valence electrons. The molecule has 15 heteroatoms. The van der Waals surface area contributed by atoms with Gasteiger partial charge in [-0.2, -0.15) is 0 Å². The van der Waals surface area contributed by atoms with Gasteiger partial charge in [-0.1, -0.05) is 29.6 Å². The van der Waals surface area contributed by atoms with E-state index in [1.165, 1.54) is 62.4 Å². The van der Waals surface area contributed by atoms with Gasteiger partial charge in [-0.25, -0.2) is 4.79 Å². The number of amidine groups is 1. The van der Waals surface area contributed by atoms with Gasteiger partial charge in [0, 0.05) is 21.9 Å². The highest BCUT2D eigenvalue weighted by molar-refractivity contribution is 8.13. The molecule has 0 aliphatic carbocycles. The Morgan fingerprint density at radius 3 is 2.79 bits per heavy atom. The maximum atomic E-state index is 13.0. The van der Waals surface area contributed by atoms with E-state index in [-0.39, 0.29) is 34.4 Å². The Kier molecular flexibility index (Phi) is 8.54. The lowest BCUT2D eigenvalue weighted by Gasteiger charge is -2.49. The van der Waals surface area contributed by atoms with Crippen molar-refractivity contribution in [3.8, 4) is 0 Å². The molecule has 0 radical (unpaired) electrons. The second-order valence-corrected chi connectivity index (χ2v) is 14.6. The molecule has 0 spiro atoms. The number of nitrogens with one attached hydrogen (secondary N) is 2. The molecule has 2 aliphatic rings. The van der Waals surface area contributed by atoms with E-state index in [9.17, 15) is 24.3 Å². The Bertz CT molecular complexity index is 1590. The monoisotopic (exact) mass is 636 g/mol. The highest BCUT2D eigenvalue weighted by atomic mass is 32.2. The van der Waals surface area contributed by atoms with Crippen LogP contribution in [0, 0.1) is 5.41 Å². The molecule has 0 bridgehead atoms. The maximum Gasteiger partial charge on any atom is 0.352 e. The Hall–Kier alpha value is -2.56. The van der Waals surface area contributed by atoms with Crippen molar-refractivity contribution >= 4 is 102 Å². The average molecular weight is 637 g/mol. The quantitative estimate of drug-likeness (QED) is 0.118. The number of carboxylic acids is 1.